The van der Waals surface area contributed by atoms with E-state index in [9.17, 15) is 9.59 Å². The number of carbonyl (C=O) groups excluding carboxylic acids is 2. The van der Waals surface area contributed by atoms with Gasteiger partial charge in [-0.05, 0) is 13.8 Å². The van der Waals surface area contributed by atoms with Gasteiger partial charge in [-0.3, -0.25) is 9.59 Å². The Hall–Kier alpha value is -1.44. The summed E-state index contributed by atoms with van der Waals surface area (Å²) in [5.74, 6) is -0.367. The van der Waals surface area contributed by atoms with Gasteiger partial charge in [0.1, 0.15) is 0 Å². The molecule has 14 heavy (non-hydrogen) atoms. The van der Waals surface area contributed by atoms with Crippen LogP contribution in [0.15, 0.2) is 36.5 Å². The third kappa shape index (κ3) is 5.25. The van der Waals surface area contributed by atoms with Gasteiger partial charge in [-0.25, -0.2) is 0 Å². The lowest BCUT2D eigenvalue weighted by Crippen LogP contribution is -2.05. The zero-order valence-electron chi connectivity index (χ0n) is 9.39. The minimum Gasteiger partial charge on any atom is -0.295 e. The number of ketones is 2. The second-order valence-electron chi connectivity index (χ2n) is 2.41. The van der Waals surface area contributed by atoms with Crippen molar-refractivity contribution < 1.29 is 9.59 Å². The van der Waals surface area contributed by atoms with Gasteiger partial charge in [0.05, 0.1) is 0 Å². The highest BCUT2D eigenvalue weighted by Gasteiger charge is 2.10. The maximum Gasteiger partial charge on any atom is 0.160 e. The van der Waals surface area contributed by atoms with Crippen molar-refractivity contribution in [2.24, 2.45) is 0 Å². The molecular weight excluding hydrogens is 176 g/mol. The minimum atomic E-state index is -0.196. The number of hydrogen-bond acceptors (Lipinski definition) is 2. The van der Waals surface area contributed by atoms with Gasteiger partial charge in [-0.2, -0.15) is 0 Å². The molecule has 2 heteroatoms. The topological polar surface area (TPSA) is 34.1 Å². The van der Waals surface area contributed by atoms with Gasteiger partial charge in [0.2, 0.25) is 0 Å². The molecule has 0 aromatic heterocycles. The fourth-order valence-corrected chi connectivity index (χ4v) is 0.738. The lowest BCUT2D eigenvalue weighted by molar-refractivity contribution is -0.116. The van der Waals surface area contributed by atoms with Gasteiger partial charge < -0.3 is 0 Å². The van der Waals surface area contributed by atoms with Crippen LogP contribution in [-0.4, -0.2) is 11.6 Å². The Morgan fingerprint density at radius 3 is 1.71 bits per heavy atom. The summed E-state index contributed by atoms with van der Waals surface area (Å²) < 4.78 is 0. The van der Waals surface area contributed by atoms with Gasteiger partial charge in [0.25, 0.3) is 0 Å². The maximum atomic E-state index is 11.0. The summed E-state index contributed by atoms with van der Waals surface area (Å²) in [7, 11) is 0. The van der Waals surface area contributed by atoms with Crippen molar-refractivity contribution in [1.29, 1.82) is 0 Å². The van der Waals surface area contributed by atoms with E-state index in [-0.39, 0.29) is 17.1 Å². The predicted octanol–water partition coefficient (Wildman–Crippen LogP) is 2.86. The number of carbonyl (C=O) groups is 2. The molecule has 0 heterocycles. The lowest BCUT2D eigenvalue weighted by Gasteiger charge is -2.01. The van der Waals surface area contributed by atoms with E-state index in [1.807, 2.05) is 13.8 Å². The molecule has 0 amide bonds. The predicted molar refractivity (Wildman–Crippen MR) is 60.1 cm³/mol. The Bertz CT molecular complexity index is 270. The van der Waals surface area contributed by atoms with Crippen molar-refractivity contribution in [2.45, 2.75) is 27.7 Å². The molecule has 0 unspecified atom stereocenters. The summed E-state index contributed by atoms with van der Waals surface area (Å²) in [6.45, 7) is 13.7. The smallest absolute Gasteiger partial charge is 0.160 e. The van der Waals surface area contributed by atoms with Crippen LogP contribution in [0.1, 0.15) is 27.7 Å². The molecule has 0 aliphatic rings. The molecule has 0 radical (unpaired) electrons. The SMILES string of the molecule is C=C/C=C(\C(=C)C(C)=O)C(C)=O.CC. The van der Waals surface area contributed by atoms with Gasteiger partial charge in [0, 0.05) is 11.1 Å². The molecule has 0 aromatic rings. The number of rotatable bonds is 4. The fraction of sp³-hybridized carbons (Fsp3) is 0.333. The van der Waals surface area contributed by atoms with E-state index in [0.717, 1.165) is 0 Å². The maximum absolute atomic E-state index is 11.0. The molecule has 0 bridgehead atoms. The summed E-state index contributed by atoms with van der Waals surface area (Å²) in [6.07, 6.45) is 2.96. The first-order valence-corrected chi connectivity index (χ1v) is 4.54. The van der Waals surface area contributed by atoms with Crippen molar-refractivity contribution in [3.63, 3.8) is 0 Å². The Morgan fingerprint density at radius 2 is 1.50 bits per heavy atom. The molecular formula is C12H18O2. The zero-order valence-corrected chi connectivity index (χ0v) is 9.39. The first kappa shape index (κ1) is 15.1. The van der Waals surface area contributed by atoms with Crippen molar-refractivity contribution in [3.8, 4) is 0 Å². The average Bonchev–Trinajstić information content (AvgIpc) is 2.15. The molecule has 0 atom stereocenters. The average molecular weight is 194 g/mol. The molecule has 0 aromatic carbocycles. The summed E-state index contributed by atoms with van der Waals surface area (Å²) >= 11 is 0. The monoisotopic (exact) mass is 194 g/mol. The van der Waals surface area contributed by atoms with E-state index in [2.05, 4.69) is 13.2 Å². The van der Waals surface area contributed by atoms with Crippen LogP contribution >= 0.6 is 0 Å². The molecule has 0 saturated heterocycles. The highest BCUT2D eigenvalue weighted by Crippen LogP contribution is 2.09. The fourth-order valence-electron chi connectivity index (χ4n) is 0.738. The van der Waals surface area contributed by atoms with E-state index in [1.54, 1.807) is 0 Å². The summed E-state index contributed by atoms with van der Waals surface area (Å²) in [5, 5.41) is 0. The minimum absolute atomic E-state index is 0.171. The second kappa shape index (κ2) is 8.17. The van der Waals surface area contributed by atoms with Gasteiger partial charge in [-0.1, -0.05) is 39.2 Å². The Kier molecular flexibility index (Phi) is 8.79. The first-order chi connectivity index (χ1) is 6.50. The van der Waals surface area contributed by atoms with Crippen LogP contribution in [0.25, 0.3) is 0 Å². The van der Waals surface area contributed by atoms with Gasteiger partial charge >= 0.3 is 0 Å². The van der Waals surface area contributed by atoms with Crippen LogP contribution in [0.5, 0.6) is 0 Å². The van der Waals surface area contributed by atoms with E-state index < -0.39 is 0 Å². The van der Waals surface area contributed by atoms with Crippen LogP contribution in [0.3, 0.4) is 0 Å². The molecule has 0 rings (SSSR count). The Morgan fingerprint density at radius 1 is 1.07 bits per heavy atom. The summed E-state index contributed by atoms with van der Waals surface area (Å²) in [4.78, 5) is 21.8. The Balaban J connectivity index is 0. The van der Waals surface area contributed by atoms with Crippen LogP contribution in [0.2, 0.25) is 0 Å². The van der Waals surface area contributed by atoms with Gasteiger partial charge in [0.15, 0.2) is 11.6 Å². The molecule has 0 aliphatic heterocycles. The molecule has 0 spiro atoms. The van der Waals surface area contributed by atoms with Crippen LogP contribution < -0.4 is 0 Å². The lowest BCUT2D eigenvalue weighted by atomic mass is 10.0. The number of hydrogen-bond donors (Lipinski definition) is 0. The number of allylic oxidation sites excluding steroid dienone is 4. The molecule has 0 saturated carbocycles. The van der Waals surface area contributed by atoms with E-state index in [4.69, 9.17) is 0 Å². The largest absolute Gasteiger partial charge is 0.295 e. The highest BCUT2D eigenvalue weighted by atomic mass is 16.1. The second-order valence-corrected chi connectivity index (χ2v) is 2.41. The standard InChI is InChI=1S/C10H12O2.C2H6/c1-5-6-10(9(4)12)7(2)8(3)11;1-2/h5-6H,1-2H2,3-4H3;1-2H3/b10-6+;. The summed E-state index contributed by atoms with van der Waals surface area (Å²) in [6, 6.07) is 0. The van der Waals surface area contributed by atoms with E-state index >= 15 is 0 Å². The number of Topliss-reactive ketones (excluding diaryl/α,β-unsaturated/α-hetero) is 2. The molecule has 2 nitrogen and oxygen atoms in total. The molecule has 0 aliphatic carbocycles. The summed E-state index contributed by atoms with van der Waals surface area (Å²) in [5.41, 5.74) is 0.569. The molecule has 0 fully saturated rings. The Labute approximate surface area is 86.0 Å². The van der Waals surface area contributed by atoms with Crippen molar-refractivity contribution in [1.82, 2.24) is 0 Å². The van der Waals surface area contributed by atoms with Crippen molar-refractivity contribution >= 4 is 11.6 Å². The highest BCUT2D eigenvalue weighted by molar-refractivity contribution is 6.10. The molecule has 0 N–H and O–H groups in total. The molecule has 78 valence electrons. The van der Waals surface area contributed by atoms with Crippen molar-refractivity contribution in [2.75, 3.05) is 0 Å². The third-order valence-electron chi connectivity index (χ3n) is 1.41. The first-order valence-electron chi connectivity index (χ1n) is 4.54. The van der Waals surface area contributed by atoms with E-state index in [1.165, 1.54) is 26.0 Å². The van der Waals surface area contributed by atoms with Gasteiger partial charge in [-0.15, -0.1) is 0 Å². The quantitative estimate of drug-likeness (QED) is 0.509. The zero-order chi connectivity index (χ0) is 11.7. The van der Waals surface area contributed by atoms with Crippen LogP contribution in [-0.2, 0) is 9.59 Å². The van der Waals surface area contributed by atoms with Crippen LogP contribution in [0.4, 0.5) is 0 Å². The normalized spacial score (nSPS) is 9.57. The third-order valence-corrected chi connectivity index (χ3v) is 1.41. The van der Waals surface area contributed by atoms with E-state index in [0.29, 0.717) is 5.57 Å². The van der Waals surface area contributed by atoms with Crippen molar-refractivity contribution in [3.05, 3.63) is 36.5 Å². The van der Waals surface area contributed by atoms with Crippen LogP contribution in [0, 0.1) is 0 Å².